The molecule has 0 aliphatic rings. The molecule has 0 aliphatic heterocycles. The molecule has 2 amide bonds. The Morgan fingerprint density at radius 2 is 2.09 bits per heavy atom. The molecule has 0 aliphatic carbocycles. The normalized spacial score (nSPS) is 10.1. The predicted molar refractivity (Wildman–Crippen MR) is 83.3 cm³/mol. The number of benzene rings is 1. The van der Waals surface area contributed by atoms with Crippen LogP contribution in [0.1, 0.15) is 17.0 Å². The van der Waals surface area contributed by atoms with Crippen molar-refractivity contribution in [3.63, 3.8) is 0 Å². The summed E-state index contributed by atoms with van der Waals surface area (Å²) in [5.74, 6) is 0.0245. The fraction of sp³-hybridized carbons (Fsp3) is 0.250. The number of aliphatic hydroxyl groups is 1. The topological polar surface area (TPSA) is 101 Å². The maximum atomic E-state index is 11.9. The number of nitrogens with one attached hydrogen (secondary N) is 2. The highest BCUT2D eigenvalue weighted by atomic mass is 16.5. The Balaban J connectivity index is 1.85. The molecule has 2 rings (SSSR count). The van der Waals surface area contributed by atoms with Gasteiger partial charge < -0.3 is 24.9 Å². The molecule has 122 valence electrons. The quantitative estimate of drug-likeness (QED) is 0.639. The minimum absolute atomic E-state index is 0.0263. The van der Waals surface area contributed by atoms with Crippen LogP contribution in [0.3, 0.4) is 0 Å². The number of rotatable bonds is 8. The van der Waals surface area contributed by atoms with Gasteiger partial charge in [-0.15, -0.1) is 0 Å². The maximum Gasteiger partial charge on any atom is 0.291 e. The van der Waals surface area contributed by atoms with E-state index in [2.05, 4.69) is 10.6 Å². The van der Waals surface area contributed by atoms with Crippen molar-refractivity contribution in [3.8, 4) is 5.75 Å². The summed E-state index contributed by atoms with van der Waals surface area (Å²) < 4.78 is 10.4. The van der Waals surface area contributed by atoms with Crippen molar-refractivity contribution >= 4 is 17.5 Å². The molecule has 1 aromatic carbocycles. The van der Waals surface area contributed by atoms with Gasteiger partial charge in [-0.1, -0.05) is 6.07 Å². The summed E-state index contributed by atoms with van der Waals surface area (Å²) in [6, 6.07) is 9.90. The van der Waals surface area contributed by atoms with Crippen LogP contribution in [0.5, 0.6) is 5.75 Å². The molecule has 0 fully saturated rings. The monoisotopic (exact) mass is 318 g/mol. The number of hydrogen-bond donors (Lipinski definition) is 3. The van der Waals surface area contributed by atoms with Crippen LogP contribution < -0.4 is 15.4 Å². The van der Waals surface area contributed by atoms with Gasteiger partial charge in [-0.3, -0.25) is 9.59 Å². The van der Waals surface area contributed by atoms with E-state index in [0.717, 1.165) is 0 Å². The molecule has 0 spiro atoms. The summed E-state index contributed by atoms with van der Waals surface area (Å²) in [6.07, 6.45) is 1.92. The van der Waals surface area contributed by atoms with Gasteiger partial charge >= 0.3 is 0 Å². The average molecular weight is 318 g/mol. The summed E-state index contributed by atoms with van der Waals surface area (Å²) in [7, 11) is 0. The Labute approximate surface area is 133 Å². The molecule has 7 heteroatoms. The van der Waals surface area contributed by atoms with Gasteiger partial charge in [0.2, 0.25) is 0 Å². The minimum atomic E-state index is -0.367. The van der Waals surface area contributed by atoms with Gasteiger partial charge in [-0.05, 0) is 30.7 Å². The Kier molecular flexibility index (Phi) is 6.19. The van der Waals surface area contributed by atoms with Gasteiger partial charge in [0, 0.05) is 24.9 Å². The van der Waals surface area contributed by atoms with Crippen LogP contribution in [-0.4, -0.2) is 36.7 Å². The third kappa shape index (κ3) is 5.48. The van der Waals surface area contributed by atoms with E-state index >= 15 is 0 Å². The smallest absolute Gasteiger partial charge is 0.291 e. The average Bonchev–Trinajstić information content (AvgIpc) is 3.08. The molecule has 0 saturated carbocycles. The summed E-state index contributed by atoms with van der Waals surface area (Å²) in [5.41, 5.74) is 0.532. The largest absolute Gasteiger partial charge is 0.484 e. The maximum absolute atomic E-state index is 11.9. The van der Waals surface area contributed by atoms with Crippen LogP contribution in [0, 0.1) is 0 Å². The van der Waals surface area contributed by atoms with Crippen molar-refractivity contribution in [3.05, 3.63) is 48.4 Å². The molecule has 7 nitrogen and oxygen atoms in total. The first-order valence-corrected chi connectivity index (χ1v) is 7.14. The van der Waals surface area contributed by atoms with Crippen LogP contribution >= 0.6 is 0 Å². The lowest BCUT2D eigenvalue weighted by atomic mass is 10.3. The minimum Gasteiger partial charge on any atom is -0.484 e. The van der Waals surface area contributed by atoms with Crippen molar-refractivity contribution in [2.75, 3.05) is 25.1 Å². The highest BCUT2D eigenvalue weighted by molar-refractivity contribution is 6.02. The molecule has 3 N–H and O–H groups in total. The molecular weight excluding hydrogens is 300 g/mol. The van der Waals surface area contributed by atoms with E-state index in [4.69, 9.17) is 14.3 Å². The van der Waals surface area contributed by atoms with Crippen LogP contribution in [0.4, 0.5) is 5.69 Å². The van der Waals surface area contributed by atoms with E-state index in [9.17, 15) is 9.59 Å². The van der Waals surface area contributed by atoms with Crippen molar-refractivity contribution in [1.29, 1.82) is 0 Å². The van der Waals surface area contributed by atoms with Gasteiger partial charge in [0.05, 0.1) is 6.26 Å². The number of anilines is 1. The van der Waals surface area contributed by atoms with E-state index in [1.807, 2.05) is 0 Å². The highest BCUT2D eigenvalue weighted by Gasteiger charge is 2.09. The third-order valence-corrected chi connectivity index (χ3v) is 2.86. The predicted octanol–water partition coefficient (Wildman–Crippen LogP) is 1.41. The second kappa shape index (κ2) is 8.60. The number of hydrogen-bond acceptors (Lipinski definition) is 5. The number of furan rings is 1. The van der Waals surface area contributed by atoms with E-state index in [0.29, 0.717) is 24.4 Å². The molecule has 0 saturated heterocycles. The lowest BCUT2D eigenvalue weighted by Gasteiger charge is -2.09. The highest BCUT2D eigenvalue weighted by Crippen LogP contribution is 2.18. The first kappa shape index (κ1) is 16.6. The number of carbonyl (C=O) groups excluding carboxylic acids is 2. The molecular formula is C16H18N2O5. The molecule has 0 unspecified atom stereocenters. The van der Waals surface area contributed by atoms with Gasteiger partial charge in [-0.2, -0.15) is 0 Å². The first-order chi connectivity index (χ1) is 11.2. The molecule has 0 radical (unpaired) electrons. The second-order valence-corrected chi connectivity index (χ2v) is 4.68. The Morgan fingerprint density at radius 3 is 2.83 bits per heavy atom. The fourth-order valence-corrected chi connectivity index (χ4v) is 1.77. The number of ether oxygens (including phenoxy) is 1. The van der Waals surface area contributed by atoms with E-state index < -0.39 is 0 Å². The van der Waals surface area contributed by atoms with Crippen molar-refractivity contribution in [2.45, 2.75) is 6.42 Å². The third-order valence-electron chi connectivity index (χ3n) is 2.86. The van der Waals surface area contributed by atoms with Crippen LogP contribution in [-0.2, 0) is 4.79 Å². The fourth-order valence-electron chi connectivity index (χ4n) is 1.77. The van der Waals surface area contributed by atoms with Crippen LogP contribution in [0.25, 0.3) is 0 Å². The molecule has 23 heavy (non-hydrogen) atoms. The summed E-state index contributed by atoms with van der Waals surface area (Å²) in [5, 5.41) is 13.9. The Morgan fingerprint density at radius 1 is 1.22 bits per heavy atom. The second-order valence-electron chi connectivity index (χ2n) is 4.68. The van der Waals surface area contributed by atoms with E-state index in [1.165, 1.54) is 6.26 Å². The Bertz CT molecular complexity index is 640. The number of carbonyl (C=O) groups is 2. The SMILES string of the molecule is O=C(COc1cccc(NC(=O)c2ccco2)c1)NCCCO. The summed E-state index contributed by atoms with van der Waals surface area (Å²) in [4.78, 5) is 23.4. The zero-order chi connectivity index (χ0) is 16.5. The lowest BCUT2D eigenvalue weighted by Crippen LogP contribution is -2.30. The number of aliphatic hydroxyl groups excluding tert-OH is 1. The molecule has 2 aromatic rings. The standard InChI is InChI=1S/C16H18N2O5/c19-8-3-7-17-15(20)11-23-13-5-1-4-12(10-13)18-16(21)14-6-2-9-22-14/h1-2,4-6,9-10,19H,3,7-8,11H2,(H,17,20)(H,18,21). The summed E-state index contributed by atoms with van der Waals surface area (Å²) in [6.45, 7) is 0.289. The van der Waals surface area contributed by atoms with E-state index in [1.54, 1.807) is 36.4 Å². The van der Waals surface area contributed by atoms with E-state index in [-0.39, 0.29) is 30.8 Å². The first-order valence-electron chi connectivity index (χ1n) is 7.14. The van der Waals surface area contributed by atoms with Crippen molar-refractivity contribution in [1.82, 2.24) is 5.32 Å². The molecule has 0 bridgehead atoms. The lowest BCUT2D eigenvalue weighted by molar-refractivity contribution is -0.123. The molecule has 0 atom stereocenters. The van der Waals surface area contributed by atoms with Crippen LogP contribution in [0.15, 0.2) is 47.1 Å². The van der Waals surface area contributed by atoms with Gasteiger partial charge in [-0.25, -0.2) is 0 Å². The number of amides is 2. The van der Waals surface area contributed by atoms with Gasteiger partial charge in [0.15, 0.2) is 12.4 Å². The van der Waals surface area contributed by atoms with Gasteiger partial charge in [0.1, 0.15) is 5.75 Å². The van der Waals surface area contributed by atoms with Crippen molar-refractivity contribution < 1.29 is 23.8 Å². The molecule has 1 heterocycles. The van der Waals surface area contributed by atoms with Crippen LogP contribution in [0.2, 0.25) is 0 Å². The zero-order valence-electron chi connectivity index (χ0n) is 12.5. The molecule has 1 aromatic heterocycles. The van der Waals surface area contributed by atoms with Crippen molar-refractivity contribution in [2.24, 2.45) is 0 Å². The van der Waals surface area contributed by atoms with Gasteiger partial charge in [0.25, 0.3) is 11.8 Å². The Hall–Kier alpha value is -2.80. The summed E-state index contributed by atoms with van der Waals surface area (Å²) >= 11 is 0. The zero-order valence-corrected chi connectivity index (χ0v) is 12.5.